The van der Waals surface area contributed by atoms with Crippen molar-refractivity contribution in [2.75, 3.05) is 6.61 Å². The maximum atomic E-state index is 12.4. The van der Waals surface area contributed by atoms with E-state index in [0.717, 1.165) is 47.7 Å². The van der Waals surface area contributed by atoms with Gasteiger partial charge in [0.25, 0.3) is 0 Å². The molecule has 0 unspecified atom stereocenters. The molecule has 1 N–H and O–H groups in total. The zero-order chi connectivity index (χ0) is 18.8. The van der Waals surface area contributed by atoms with Gasteiger partial charge in [-0.1, -0.05) is 38.1 Å². The first-order valence-electron chi connectivity index (χ1n) is 9.55. The predicted octanol–water partition coefficient (Wildman–Crippen LogP) is 3.49. The minimum Gasteiger partial charge on any atom is -0.493 e. The summed E-state index contributed by atoms with van der Waals surface area (Å²) in [5, 5.41) is 3.03. The van der Waals surface area contributed by atoms with Crippen LogP contribution in [0.4, 0.5) is 0 Å². The molecule has 5 heteroatoms. The molecule has 0 saturated heterocycles. The Hall–Kier alpha value is -2.82. The highest BCUT2D eigenvalue weighted by Gasteiger charge is 2.15. The van der Waals surface area contributed by atoms with Gasteiger partial charge in [-0.15, -0.1) is 0 Å². The molecule has 27 heavy (non-hydrogen) atoms. The van der Waals surface area contributed by atoms with E-state index >= 15 is 0 Å². The van der Waals surface area contributed by atoms with E-state index in [1.54, 1.807) is 0 Å². The number of ether oxygens (including phenoxy) is 1. The number of carbonyl (C=O) groups excluding carboxylic acids is 1. The van der Waals surface area contributed by atoms with Crippen LogP contribution in [0.1, 0.15) is 30.8 Å². The van der Waals surface area contributed by atoms with Crippen molar-refractivity contribution in [3.05, 3.63) is 59.4 Å². The summed E-state index contributed by atoms with van der Waals surface area (Å²) < 4.78 is 7.80. The molecule has 0 atom stereocenters. The van der Waals surface area contributed by atoms with Gasteiger partial charge in [-0.05, 0) is 35.2 Å². The highest BCUT2D eigenvalue weighted by molar-refractivity contribution is 5.79. The first-order chi connectivity index (χ1) is 13.1. The first-order valence-corrected chi connectivity index (χ1v) is 9.55. The van der Waals surface area contributed by atoms with Crippen LogP contribution in [0.25, 0.3) is 11.0 Å². The maximum Gasteiger partial charge on any atom is 0.224 e. The van der Waals surface area contributed by atoms with Crippen LogP contribution in [0.15, 0.2) is 42.5 Å². The van der Waals surface area contributed by atoms with Gasteiger partial charge >= 0.3 is 0 Å². The number of hydrogen-bond acceptors (Lipinski definition) is 3. The van der Waals surface area contributed by atoms with Crippen molar-refractivity contribution in [3.8, 4) is 5.75 Å². The maximum absolute atomic E-state index is 12.4. The molecule has 0 fully saturated rings. The Morgan fingerprint density at radius 2 is 2.11 bits per heavy atom. The SMILES string of the molecule is CC(C)Cn1c(CNC(=O)Cc2ccc3c(c2)OCC3)nc2ccccc21. The van der Waals surface area contributed by atoms with Crippen LogP contribution in [0.3, 0.4) is 0 Å². The second kappa shape index (κ2) is 7.43. The third-order valence-corrected chi connectivity index (χ3v) is 4.85. The number of benzene rings is 2. The number of carbonyl (C=O) groups is 1. The Kier molecular flexibility index (Phi) is 4.84. The Labute approximate surface area is 159 Å². The van der Waals surface area contributed by atoms with Crippen molar-refractivity contribution in [1.29, 1.82) is 0 Å². The molecule has 2 aromatic carbocycles. The molecular weight excluding hydrogens is 338 g/mol. The average Bonchev–Trinajstić information content (AvgIpc) is 3.24. The van der Waals surface area contributed by atoms with Crippen molar-refractivity contribution in [3.63, 3.8) is 0 Å². The van der Waals surface area contributed by atoms with Gasteiger partial charge in [-0.2, -0.15) is 0 Å². The summed E-state index contributed by atoms with van der Waals surface area (Å²) in [6.07, 6.45) is 1.30. The predicted molar refractivity (Wildman–Crippen MR) is 106 cm³/mol. The summed E-state index contributed by atoms with van der Waals surface area (Å²) in [6, 6.07) is 14.2. The third kappa shape index (κ3) is 3.82. The fourth-order valence-electron chi connectivity index (χ4n) is 3.58. The van der Waals surface area contributed by atoms with Crippen LogP contribution < -0.4 is 10.1 Å². The van der Waals surface area contributed by atoms with E-state index in [0.29, 0.717) is 18.9 Å². The molecule has 0 spiro atoms. The molecule has 1 aromatic heterocycles. The van der Waals surface area contributed by atoms with E-state index in [1.807, 2.05) is 30.3 Å². The molecule has 1 aliphatic heterocycles. The number of amides is 1. The van der Waals surface area contributed by atoms with Gasteiger partial charge in [0, 0.05) is 13.0 Å². The van der Waals surface area contributed by atoms with Crippen LogP contribution in [-0.2, 0) is 30.7 Å². The zero-order valence-electron chi connectivity index (χ0n) is 15.9. The standard InChI is InChI=1S/C22H25N3O2/c1-15(2)14-25-19-6-4-3-5-18(19)24-21(25)13-23-22(26)12-16-7-8-17-9-10-27-20(17)11-16/h3-8,11,15H,9-10,12-14H2,1-2H3,(H,23,26). The topological polar surface area (TPSA) is 56.2 Å². The van der Waals surface area contributed by atoms with E-state index in [9.17, 15) is 4.79 Å². The molecule has 1 aliphatic rings. The fraction of sp³-hybridized carbons (Fsp3) is 0.364. The number of fused-ring (bicyclic) bond motifs is 2. The lowest BCUT2D eigenvalue weighted by Crippen LogP contribution is -2.26. The average molecular weight is 363 g/mol. The number of para-hydroxylation sites is 2. The zero-order valence-corrected chi connectivity index (χ0v) is 15.9. The summed E-state index contributed by atoms with van der Waals surface area (Å²) in [7, 11) is 0. The minimum absolute atomic E-state index is 0.00361. The van der Waals surface area contributed by atoms with Crippen molar-refractivity contribution in [2.45, 2.75) is 39.8 Å². The van der Waals surface area contributed by atoms with Gasteiger partial charge in [0.2, 0.25) is 5.91 Å². The van der Waals surface area contributed by atoms with Crippen LogP contribution >= 0.6 is 0 Å². The Morgan fingerprint density at radius 3 is 2.96 bits per heavy atom. The van der Waals surface area contributed by atoms with Crippen molar-refractivity contribution >= 4 is 16.9 Å². The third-order valence-electron chi connectivity index (χ3n) is 4.85. The number of imidazole rings is 1. The number of aromatic nitrogens is 2. The number of rotatable bonds is 6. The van der Waals surface area contributed by atoms with E-state index in [-0.39, 0.29) is 5.91 Å². The fourth-order valence-corrected chi connectivity index (χ4v) is 3.58. The lowest BCUT2D eigenvalue weighted by Gasteiger charge is -2.12. The molecule has 0 bridgehead atoms. The highest BCUT2D eigenvalue weighted by Crippen LogP contribution is 2.26. The van der Waals surface area contributed by atoms with E-state index in [4.69, 9.17) is 9.72 Å². The second-order valence-corrected chi connectivity index (χ2v) is 7.52. The van der Waals surface area contributed by atoms with Crippen LogP contribution in [0.5, 0.6) is 5.75 Å². The van der Waals surface area contributed by atoms with Gasteiger partial charge < -0.3 is 14.6 Å². The van der Waals surface area contributed by atoms with E-state index < -0.39 is 0 Å². The van der Waals surface area contributed by atoms with Crippen LogP contribution in [-0.4, -0.2) is 22.1 Å². The molecule has 4 rings (SSSR count). The van der Waals surface area contributed by atoms with E-state index in [1.165, 1.54) is 5.56 Å². The summed E-state index contributed by atoms with van der Waals surface area (Å²) in [5.74, 6) is 2.31. The van der Waals surface area contributed by atoms with Crippen LogP contribution in [0, 0.1) is 5.92 Å². The van der Waals surface area contributed by atoms with Gasteiger partial charge in [0.05, 0.1) is 30.6 Å². The quantitative estimate of drug-likeness (QED) is 0.729. The molecule has 140 valence electrons. The number of nitrogens with zero attached hydrogens (tertiary/aromatic N) is 2. The van der Waals surface area contributed by atoms with Gasteiger partial charge in [-0.25, -0.2) is 4.98 Å². The Bertz CT molecular complexity index is 975. The van der Waals surface area contributed by atoms with Crippen LogP contribution in [0.2, 0.25) is 0 Å². The lowest BCUT2D eigenvalue weighted by atomic mass is 10.1. The minimum atomic E-state index is -0.00361. The summed E-state index contributed by atoms with van der Waals surface area (Å²) >= 11 is 0. The van der Waals surface area contributed by atoms with Crippen molar-refractivity contribution in [1.82, 2.24) is 14.9 Å². The smallest absolute Gasteiger partial charge is 0.224 e. The summed E-state index contributed by atoms with van der Waals surface area (Å²) in [4.78, 5) is 17.2. The molecule has 5 nitrogen and oxygen atoms in total. The first kappa shape index (κ1) is 17.6. The van der Waals surface area contributed by atoms with Gasteiger partial charge in [0.15, 0.2) is 0 Å². The Balaban J connectivity index is 1.45. The highest BCUT2D eigenvalue weighted by atomic mass is 16.5. The van der Waals surface area contributed by atoms with E-state index in [2.05, 4.69) is 35.9 Å². The number of nitrogens with one attached hydrogen (secondary N) is 1. The largest absolute Gasteiger partial charge is 0.493 e. The van der Waals surface area contributed by atoms with Gasteiger partial charge in [0.1, 0.15) is 11.6 Å². The summed E-state index contributed by atoms with van der Waals surface area (Å²) in [5.41, 5.74) is 4.29. The lowest BCUT2D eigenvalue weighted by molar-refractivity contribution is -0.120. The monoisotopic (exact) mass is 363 g/mol. The number of hydrogen-bond donors (Lipinski definition) is 1. The Morgan fingerprint density at radius 1 is 1.26 bits per heavy atom. The molecule has 0 saturated carbocycles. The van der Waals surface area contributed by atoms with Gasteiger partial charge in [-0.3, -0.25) is 4.79 Å². The molecule has 1 amide bonds. The molecular formula is C22H25N3O2. The molecule has 0 aliphatic carbocycles. The normalized spacial score (nSPS) is 13.0. The summed E-state index contributed by atoms with van der Waals surface area (Å²) in [6.45, 7) is 6.42. The second-order valence-electron chi connectivity index (χ2n) is 7.52. The molecule has 3 aromatic rings. The van der Waals surface area contributed by atoms with Crippen molar-refractivity contribution < 1.29 is 9.53 Å². The molecule has 0 radical (unpaired) electrons. The van der Waals surface area contributed by atoms with Crippen molar-refractivity contribution in [2.24, 2.45) is 5.92 Å². The molecule has 2 heterocycles.